The summed E-state index contributed by atoms with van der Waals surface area (Å²) in [7, 11) is 1.60. The van der Waals surface area contributed by atoms with Gasteiger partial charge in [0.15, 0.2) is 11.7 Å². The van der Waals surface area contributed by atoms with Crippen LogP contribution in [0.25, 0.3) is 11.0 Å². The summed E-state index contributed by atoms with van der Waals surface area (Å²) in [4.78, 5) is 4.47. The Morgan fingerprint density at radius 2 is 1.68 bits per heavy atom. The van der Waals surface area contributed by atoms with Crippen LogP contribution in [-0.4, -0.2) is 31.1 Å². The second kappa shape index (κ2) is 7.72. The minimum absolute atomic E-state index is 0.497. The van der Waals surface area contributed by atoms with Crippen molar-refractivity contribution in [3.05, 3.63) is 90.1 Å². The Hall–Kier alpha value is -3.35. The lowest BCUT2D eigenvalue weighted by Gasteiger charge is -2.45. The number of nitrogens with one attached hydrogen (secondary N) is 1. The number of methoxy groups -OCH3 is 1. The Balaban J connectivity index is 1.74. The van der Waals surface area contributed by atoms with Gasteiger partial charge < -0.3 is 23.9 Å². The highest BCUT2D eigenvalue weighted by molar-refractivity contribution is 5.81. The second-order valence-electron chi connectivity index (χ2n) is 7.62. The van der Waals surface area contributed by atoms with Crippen molar-refractivity contribution in [3.8, 4) is 5.88 Å². The highest BCUT2D eigenvalue weighted by Gasteiger charge is 2.56. The number of ether oxygens (including phenoxy) is 3. The van der Waals surface area contributed by atoms with Crippen LogP contribution in [0.5, 0.6) is 5.88 Å². The van der Waals surface area contributed by atoms with Crippen molar-refractivity contribution in [1.82, 2.24) is 4.98 Å². The molecular formula is C25H24N2O4. The van der Waals surface area contributed by atoms with Crippen LogP contribution in [0.2, 0.25) is 0 Å². The van der Waals surface area contributed by atoms with E-state index < -0.39 is 11.3 Å². The van der Waals surface area contributed by atoms with Gasteiger partial charge in [0.05, 0.1) is 20.3 Å². The lowest BCUT2D eigenvalue weighted by Crippen LogP contribution is -2.56. The molecule has 6 heteroatoms. The van der Waals surface area contributed by atoms with Crippen molar-refractivity contribution in [2.45, 2.75) is 18.2 Å². The molecule has 158 valence electrons. The Bertz CT molecular complexity index is 1130. The van der Waals surface area contributed by atoms with Crippen LogP contribution in [0, 0.1) is 0 Å². The van der Waals surface area contributed by atoms with Gasteiger partial charge in [-0.1, -0.05) is 48.5 Å². The van der Waals surface area contributed by atoms with E-state index in [9.17, 15) is 0 Å². The first-order valence-electron chi connectivity index (χ1n) is 10.3. The van der Waals surface area contributed by atoms with E-state index in [4.69, 9.17) is 18.6 Å². The molecule has 5 rings (SSSR count). The highest BCUT2D eigenvalue weighted by Crippen LogP contribution is 2.47. The topological polar surface area (TPSA) is 65.8 Å². The lowest BCUT2D eigenvalue weighted by atomic mass is 9.76. The SMILES string of the molecule is COc1ccc(C(Nc2cc3ccccc3o2)(c2ccccc2)C2(C)OCCO2)cn1. The molecular weight excluding hydrogens is 392 g/mol. The summed E-state index contributed by atoms with van der Waals surface area (Å²) in [5.41, 5.74) is 1.70. The number of rotatable bonds is 6. The van der Waals surface area contributed by atoms with Gasteiger partial charge in [0.1, 0.15) is 11.1 Å². The maximum Gasteiger partial charge on any atom is 0.212 e. The van der Waals surface area contributed by atoms with Crippen LogP contribution in [0.15, 0.2) is 83.4 Å². The van der Waals surface area contributed by atoms with E-state index in [1.807, 2.05) is 67.6 Å². The monoisotopic (exact) mass is 416 g/mol. The van der Waals surface area contributed by atoms with Crippen LogP contribution in [-0.2, 0) is 15.0 Å². The Kier molecular flexibility index (Phi) is 4.88. The van der Waals surface area contributed by atoms with E-state index in [-0.39, 0.29) is 0 Å². The molecule has 1 aliphatic rings. The maximum atomic E-state index is 6.23. The minimum Gasteiger partial charge on any atom is -0.481 e. The number of para-hydroxylation sites is 1. The molecule has 3 heterocycles. The number of benzene rings is 2. The van der Waals surface area contributed by atoms with E-state index in [2.05, 4.69) is 22.4 Å². The predicted octanol–water partition coefficient (Wildman–Crippen LogP) is 4.96. The second-order valence-corrected chi connectivity index (χ2v) is 7.62. The Labute approximate surface area is 180 Å². The number of furan rings is 1. The summed E-state index contributed by atoms with van der Waals surface area (Å²) in [6.45, 7) is 2.94. The quantitative estimate of drug-likeness (QED) is 0.480. The maximum absolute atomic E-state index is 6.23. The summed E-state index contributed by atoms with van der Waals surface area (Å²) >= 11 is 0. The zero-order valence-electron chi connectivity index (χ0n) is 17.5. The van der Waals surface area contributed by atoms with Gasteiger partial charge >= 0.3 is 0 Å². The van der Waals surface area contributed by atoms with E-state index >= 15 is 0 Å². The average Bonchev–Trinajstić information content (AvgIpc) is 3.44. The third-order valence-corrected chi connectivity index (χ3v) is 5.84. The van der Waals surface area contributed by atoms with Gasteiger partial charge in [-0.25, -0.2) is 4.98 Å². The van der Waals surface area contributed by atoms with Crippen LogP contribution in [0.4, 0.5) is 5.88 Å². The molecule has 1 atom stereocenters. The normalized spacial score (nSPS) is 17.4. The van der Waals surface area contributed by atoms with Crippen LogP contribution < -0.4 is 10.1 Å². The molecule has 0 saturated carbocycles. The Morgan fingerprint density at radius 3 is 2.35 bits per heavy atom. The number of hydrogen-bond donors (Lipinski definition) is 1. The third kappa shape index (κ3) is 3.24. The smallest absolute Gasteiger partial charge is 0.212 e. The number of fused-ring (bicyclic) bond motifs is 1. The zero-order chi connectivity index (χ0) is 21.3. The van der Waals surface area contributed by atoms with E-state index in [0.29, 0.717) is 25.0 Å². The van der Waals surface area contributed by atoms with Gasteiger partial charge in [0, 0.05) is 29.3 Å². The molecule has 1 saturated heterocycles. The van der Waals surface area contributed by atoms with Gasteiger partial charge in [-0.15, -0.1) is 0 Å². The molecule has 1 aliphatic heterocycles. The minimum atomic E-state index is -1.01. The third-order valence-electron chi connectivity index (χ3n) is 5.84. The van der Waals surface area contributed by atoms with E-state index in [0.717, 1.165) is 22.1 Å². The molecule has 1 N–H and O–H groups in total. The number of nitrogens with zero attached hydrogens (tertiary/aromatic N) is 1. The van der Waals surface area contributed by atoms with Crippen molar-refractivity contribution in [1.29, 1.82) is 0 Å². The molecule has 2 aromatic carbocycles. The molecule has 0 aliphatic carbocycles. The van der Waals surface area contributed by atoms with Gasteiger partial charge in [-0.05, 0) is 24.6 Å². The number of hydrogen-bond acceptors (Lipinski definition) is 6. The summed E-state index contributed by atoms with van der Waals surface area (Å²) < 4.78 is 23.9. The molecule has 0 radical (unpaired) electrons. The van der Waals surface area contributed by atoms with Crippen molar-refractivity contribution in [2.75, 3.05) is 25.6 Å². The molecule has 1 fully saturated rings. The van der Waals surface area contributed by atoms with Crippen molar-refractivity contribution >= 4 is 16.9 Å². The molecule has 4 aromatic rings. The van der Waals surface area contributed by atoms with Gasteiger partial charge in [-0.3, -0.25) is 0 Å². The van der Waals surface area contributed by atoms with Gasteiger partial charge in [-0.2, -0.15) is 0 Å². The summed E-state index contributed by atoms with van der Waals surface area (Å²) in [6.07, 6.45) is 1.79. The van der Waals surface area contributed by atoms with Crippen LogP contribution in [0.3, 0.4) is 0 Å². The lowest BCUT2D eigenvalue weighted by molar-refractivity contribution is -0.178. The summed E-state index contributed by atoms with van der Waals surface area (Å²) in [5, 5.41) is 4.65. The number of aromatic nitrogens is 1. The first-order valence-corrected chi connectivity index (χ1v) is 10.3. The predicted molar refractivity (Wildman–Crippen MR) is 118 cm³/mol. The summed E-state index contributed by atoms with van der Waals surface area (Å²) in [6, 6.07) is 23.8. The fourth-order valence-corrected chi connectivity index (χ4v) is 4.32. The zero-order valence-corrected chi connectivity index (χ0v) is 17.5. The average molecular weight is 416 g/mol. The van der Waals surface area contributed by atoms with Crippen molar-refractivity contribution in [2.24, 2.45) is 0 Å². The van der Waals surface area contributed by atoms with Gasteiger partial charge in [0.2, 0.25) is 5.88 Å². The number of anilines is 1. The van der Waals surface area contributed by atoms with Crippen LogP contribution >= 0.6 is 0 Å². The molecule has 31 heavy (non-hydrogen) atoms. The highest BCUT2D eigenvalue weighted by atomic mass is 16.7. The fraction of sp³-hybridized carbons (Fsp3) is 0.240. The largest absolute Gasteiger partial charge is 0.481 e. The van der Waals surface area contributed by atoms with E-state index in [1.54, 1.807) is 13.3 Å². The van der Waals surface area contributed by atoms with Gasteiger partial charge in [0.25, 0.3) is 0 Å². The van der Waals surface area contributed by atoms with Crippen LogP contribution in [0.1, 0.15) is 18.1 Å². The molecule has 6 nitrogen and oxygen atoms in total. The van der Waals surface area contributed by atoms with Crippen molar-refractivity contribution in [3.63, 3.8) is 0 Å². The van der Waals surface area contributed by atoms with Crippen molar-refractivity contribution < 1.29 is 18.6 Å². The Morgan fingerprint density at radius 1 is 0.935 bits per heavy atom. The molecule has 0 spiro atoms. The first-order chi connectivity index (χ1) is 15.1. The fourth-order valence-electron chi connectivity index (χ4n) is 4.32. The molecule has 0 bridgehead atoms. The molecule has 2 aromatic heterocycles. The van der Waals surface area contributed by atoms with E-state index in [1.165, 1.54) is 0 Å². The number of pyridine rings is 1. The molecule has 0 amide bonds. The molecule has 1 unspecified atom stereocenters. The first kappa shape index (κ1) is 19.6. The summed E-state index contributed by atoms with van der Waals surface area (Å²) in [5.74, 6) is 0.137. The standard InChI is InChI=1S/C25H24N2O4/c1-24(29-14-15-30-24)25(19-9-4-3-5-10-19,20-12-13-22(28-2)26-17-20)27-23-16-18-8-6-7-11-21(18)31-23/h3-13,16-17,27H,14-15H2,1-2H3.